The Labute approximate surface area is 111 Å². The molecular formula is C15H16N2O2. The highest BCUT2D eigenvalue weighted by molar-refractivity contribution is 5.80. The number of ether oxygens (including phenoxy) is 1. The number of nitrogens with one attached hydrogen (secondary N) is 1. The molecule has 0 amide bonds. The lowest BCUT2D eigenvalue weighted by molar-refractivity contribution is 0.243. The average molecular weight is 256 g/mol. The first kappa shape index (κ1) is 13.2. The summed E-state index contributed by atoms with van der Waals surface area (Å²) in [5.74, 6) is 0.779. The molecule has 0 atom stereocenters. The standard InChI is InChI=1S/C15H16N2O2/c1-10(2)19-13-5-6-14-12(9-13)8-11(4-3-7-16)15(18)17-14/h5-6,8-10H,3-4H2,1-2H3,(H,17,18). The summed E-state index contributed by atoms with van der Waals surface area (Å²) in [5, 5.41) is 9.51. The van der Waals surface area contributed by atoms with Gasteiger partial charge in [0, 0.05) is 22.9 Å². The van der Waals surface area contributed by atoms with Crippen LogP contribution in [0.4, 0.5) is 0 Å². The number of nitrogens with zero attached hydrogens (tertiary/aromatic N) is 1. The van der Waals surface area contributed by atoms with Gasteiger partial charge in [0.1, 0.15) is 5.75 Å². The third-order valence-electron chi connectivity index (χ3n) is 2.77. The molecule has 4 nitrogen and oxygen atoms in total. The predicted molar refractivity (Wildman–Crippen MR) is 74.3 cm³/mol. The maximum Gasteiger partial charge on any atom is 0.251 e. The molecule has 19 heavy (non-hydrogen) atoms. The summed E-state index contributed by atoms with van der Waals surface area (Å²) in [6.45, 7) is 3.94. The van der Waals surface area contributed by atoms with Crippen molar-refractivity contribution in [1.82, 2.24) is 4.98 Å². The van der Waals surface area contributed by atoms with E-state index in [0.29, 0.717) is 18.4 Å². The molecule has 1 aromatic carbocycles. The van der Waals surface area contributed by atoms with Crippen LogP contribution in [-0.4, -0.2) is 11.1 Å². The van der Waals surface area contributed by atoms with Crippen LogP contribution < -0.4 is 10.3 Å². The zero-order chi connectivity index (χ0) is 13.8. The Morgan fingerprint density at radius 1 is 1.37 bits per heavy atom. The zero-order valence-corrected chi connectivity index (χ0v) is 11.1. The van der Waals surface area contributed by atoms with E-state index in [4.69, 9.17) is 10.00 Å². The summed E-state index contributed by atoms with van der Waals surface area (Å²) in [5.41, 5.74) is 1.29. The van der Waals surface area contributed by atoms with Crippen LogP contribution in [0.3, 0.4) is 0 Å². The number of nitriles is 1. The summed E-state index contributed by atoms with van der Waals surface area (Å²) in [4.78, 5) is 14.6. The smallest absolute Gasteiger partial charge is 0.251 e. The number of aromatic amines is 1. The van der Waals surface area contributed by atoms with Crippen LogP contribution in [0.5, 0.6) is 5.75 Å². The lowest BCUT2D eigenvalue weighted by Gasteiger charge is -2.10. The summed E-state index contributed by atoms with van der Waals surface area (Å²) in [6.07, 6.45) is 0.923. The van der Waals surface area contributed by atoms with Crippen LogP contribution in [0.2, 0.25) is 0 Å². The molecule has 4 heteroatoms. The Morgan fingerprint density at radius 2 is 2.16 bits per heavy atom. The normalized spacial score (nSPS) is 10.6. The van der Waals surface area contributed by atoms with E-state index in [1.165, 1.54) is 0 Å². The van der Waals surface area contributed by atoms with Gasteiger partial charge in [-0.25, -0.2) is 0 Å². The molecule has 0 aliphatic heterocycles. The van der Waals surface area contributed by atoms with Crippen LogP contribution in [0.1, 0.15) is 25.8 Å². The highest BCUT2D eigenvalue weighted by atomic mass is 16.5. The number of hydrogen-bond acceptors (Lipinski definition) is 3. The van der Waals surface area contributed by atoms with Gasteiger partial charge >= 0.3 is 0 Å². The van der Waals surface area contributed by atoms with Crippen molar-refractivity contribution in [2.24, 2.45) is 0 Å². The minimum Gasteiger partial charge on any atom is -0.491 e. The third-order valence-corrected chi connectivity index (χ3v) is 2.77. The van der Waals surface area contributed by atoms with Gasteiger partial charge in [0.2, 0.25) is 0 Å². The van der Waals surface area contributed by atoms with Gasteiger partial charge in [0.05, 0.1) is 12.2 Å². The SMILES string of the molecule is CC(C)Oc1ccc2[nH]c(=O)c(CCC#N)cc2c1. The van der Waals surface area contributed by atoms with Gasteiger partial charge in [-0.1, -0.05) is 0 Å². The largest absolute Gasteiger partial charge is 0.491 e. The number of fused-ring (bicyclic) bond motifs is 1. The van der Waals surface area contributed by atoms with Crippen molar-refractivity contribution >= 4 is 10.9 Å². The molecule has 0 aliphatic carbocycles. The van der Waals surface area contributed by atoms with E-state index in [9.17, 15) is 4.79 Å². The van der Waals surface area contributed by atoms with Crippen LogP contribution in [-0.2, 0) is 6.42 Å². The van der Waals surface area contributed by atoms with E-state index in [1.807, 2.05) is 38.1 Å². The molecular weight excluding hydrogens is 240 g/mol. The first-order valence-corrected chi connectivity index (χ1v) is 6.29. The Morgan fingerprint density at radius 3 is 2.84 bits per heavy atom. The van der Waals surface area contributed by atoms with Gasteiger partial charge in [0.15, 0.2) is 0 Å². The van der Waals surface area contributed by atoms with Gasteiger partial charge in [-0.3, -0.25) is 4.79 Å². The maximum atomic E-state index is 11.8. The number of hydrogen-bond donors (Lipinski definition) is 1. The lowest BCUT2D eigenvalue weighted by atomic mass is 10.1. The maximum absolute atomic E-state index is 11.8. The highest BCUT2D eigenvalue weighted by Gasteiger charge is 2.05. The third kappa shape index (κ3) is 3.14. The molecule has 2 rings (SSSR count). The van der Waals surface area contributed by atoms with E-state index in [1.54, 1.807) is 0 Å². The molecule has 1 aromatic heterocycles. The van der Waals surface area contributed by atoms with Gasteiger partial charge in [0.25, 0.3) is 5.56 Å². The van der Waals surface area contributed by atoms with Crippen molar-refractivity contribution in [3.05, 3.63) is 40.2 Å². The fourth-order valence-corrected chi connectivity index (χ4v) is 1.95. The molecule has 0 fully saturated rings. The van der Waals surface area contributed by atoms with Gasteiger partial charge in [-0.2, -0.15) is 5.26 Å². The van der Waals surface area contributed by atoms with Crippen molar-refractivity contribution in [2.45, 2.75) is 32.8 Å². The predicted octanol–water partition coefficient (Wildman–Crippen LogP) is 2.77. The summed E-state index contributed by atoms with van der Waals surface area (Å²) >= 11 is 0. The second-order valence-electron chi connectivity index (χ2n) is 4.70. The quantitative estimate of drug-likeness (QED) is 0.914. The molecule has 0 bridgehead atoms. The molecule has 0 unspecified atom stereocenters. The summed E-state index contributed by atoms with van der Waals surface area (Å²) in [6, 6.07) is 9.46. The van der Waals surface area contributed by atoms with Crippen molar-refractivity contribution in [2.75, 3.05) is 0 Å². The Hall–Kier alpha value is -2.28. The Balaban J connectivity index is 2.43. The number of rotatable bonds is 4. The number of aryl methyl sites for hydroxylation is 1. The van der Waals surface area contributed by atoms with Gasteiger partial charge in [-0.05, 0) is 44.5 Å². The second-order valence-corrected chi connectivity index (χ2v) is 4.70. The average Bonchev–Trinajstić information content (AvgIpc) is 2.36. The van der Waals surface area contributed by atoms with Crippen LogP contribution in [0.25, 0.3) is 10.9 Å². The monoisotopic (exact) mass is 256 g/mol. The summed E-state index contributed by atoms with van der Waals surface area (Å²) in [7, 11) is 0. The minimum atomic E-state index is -0.125. The molecule has 0 radical (unpaired) electrons. The molecule has 0 saturated carbocycles. The van der Waals surface area contributed by atoms with E-state index < -0.39 is 0 Å². The van der Waals surface area contributed by atoms with E-state index in [-0.39, 0.29) is 11.7 Å². The van der Waals surface area contributed by atoms with Gasteiger partial charge in [-0.15, -0.1) is 0 Å². The molecule has 0 saturated heterocycles. The number of H-pyrrole nitrogens is 1. The minimum absolute atomic E-state index is 0.110. The molecule has 1 N–H and O–H groups in total. The number of pyridine rings is 1. The second kappa shape index (κ2) is 5.57. The molecule has 1 heterocycles. The fourth-order valence-electron chi connectivity index (χ4n) is 1.95. The molecule has 98 valence electrons. The molecule has 0 spiro atoms. The highest BCUT2D eigenvalue weighted by Crippen LogP contribution is 2.20. The van der Waals surface area contributed by atoms with Crippen LogP contribution in [0, 0.1) is 11.3 Å². The lowest BCUT2D eigenvalue weighted by Crippen LogP contribution is -2.12. The van der Waals surface area contributed by atoms with E-state index in [0.717, 1.165) is 16.7 Å². The van der Waals surface area contributed by atoms with Crippen molar-refractivity contribution in [3.63, 3.8) is 0 Å². The number of benzene rings is 1. The van der Waals surface area contributed by atoms with Crippen molar-refractivity contribution in [3.8, 4) is 11.8 Å². The topological polar surface area (TPSA) is 65.9 Å². The van der Waals surface area contributed by atoms with Crippen molar-refractivity contribution < 1.29 is 4.74 Å². The zero-order valence-electron chi connectivity index (χ0n) is 11.1. The Bertz CT molecular complexity index is 681. The van der Waals surface area contributed by atoms with E-state index >= 15 is 0 Å². The van der Waals surface area contributed by atoms with Gasteiger partial charge < -0.3 is 9.72 Å². The van der Waals surface area contributed by atoms with Crippen LogP contribution in [0.15, 0.2) is 29.1 Å². The first-order valence-electron chi connectivity index (χ1n) is 6.29. The van der Waals surface area contributed by atoms with E-state index in [2.05, 4.69) is 11.1 Å². The van der Waals surface area contributed by atoms with Crippen molar-refractivity contribution in [1.29, 1.82) is 5.26 Å². The summed E-state index contributed by atoms with van der Waals surface area (Å²) < 4.78 is 5.63. The molecule has 2 aromatic rings. The number of aromatic nitrogens is 1. The molecule has 0 aliphatic rings. The fraction of sp³-hybridized carbons (Fsp3) is 0.333. The first-order chi connectivity index (χ1) is 9.10. The Kier molecular flexibility index (Phi) is 3.86. The van der Waals surface area contributed by atoms with Crippen LogP contribution >= 0.6 is 0 Å².